The lowest BCUT2D eigenvalue weighted by molar-refractivity contribution is -0.125. The minimum atomic E-state index is 0.163. The second kappa shape index (κ2) is 3.17. The Bertz CT molecular complexity index is 234. The average Bonchev–Trinajstić information content (AvgIpc) is 2.43. The Morgan fingerprint density at radius 1 is 1.23 bits per heavy atom. The van der Waals surface area contributed by atoms with Gasteiger partial charge in [-0.2, -0.15) is 0 Å². The highest BCUT2D eigenvalue weighted by molar-refractivity contribution is 7.99. The van der Waals surface area contributed by atoms with E-state index in [2.05, 4.69) is 30.8 Å². The van der Waals surface area contributed by atoms with E-state index in [9.17, 15) is 4.79 Å². The fourth-order valence-corrected chi connectivity index (χ4v) is 3.43. The van der Waals surface area contributed by atoms with Crippen molar-refractivity contribution >= 4 is 17.9 Å². The van der Waals surface area contributed by atoms with Gasteiger partial charge in [0.25, 0.3) is 0 Å². The zero-order valence-corrected chi connectivity index (χ0v) is 9.02. The Labute approximate surface area is 83.2 Å². The fourth-order valence-electron chi connectivity index (χ4n) is 2.25. The molecular formula is C9H16N2OS. The summed E-state index contributed by atoms with van der Waals surface area (Å²) in [5, 5.41) is 3.75. The summed E-state index contributed by atoms with van der Waals surface area (Å²) in [6.07, 6.45) is 0. The van der Waals surface area contributed by atoms with Gasteiger partial charge in [0.2, 0.25) is 5.91 Å². The van der Waals surface area contributed by atoms with Crippen molar-refractivity contribution < 1.29 is 4.79 Å². The summed E-state index contributed by atoms with van der Waals surface area (Å²) < 4.78 is 2.85. The number of piperidine rings is 1. The predicted octanol–water partition coefficient (Wildman–Crippen LogP) is 0.971. The van der Waals surface area contributed by atoms with E-state index in [0.29, 0.717) is 17.9 Å². The van der Waals surface area contributed by atoms with Crippen molar-refractivity contribution in [3.05, 3.63) is 0 Å². The molecule has 0 radical (unpaired) electrons. The summed E-state index contributed by atoms with van der Waals surface area (Å²) >= 11 is 1.53. The first-order valence-corrected chi connectivity index (χ1v) is 5.71. The molecule has 0 aliphatic carbocycles. The molecule has 0 aromatic rings. The number of hydrogen-bond acceptors (Lipinski definition) is 3. The van der Waals surface area contributed by atoms with Gasteiger partial charge in [-0.1, -0.05) is 13.8 Å². The van der Waals surface area contributed by atoms with Crippen molar-refractivity contribution in [1.29, 1.82) is 0 Å². The van der Waals surface area contributed by atoms with Gasteiger partial charge in [-0.05, 0) is 30.7 Å². The number of nitrogens with one attached hydrogen (secondary N) is 2. The third kappa shape index (κ3) is 1.36. The predicted molar refractivity (Wildman–Crippen MR) is 53.9 cm³/mol. The monoisotopic (exact) mass is 200 g/mol. The van der Waals surface area contributed by atoms with E-state index in [4.69, 9.17) is 0 Å². The molecule has 1 amide bonds. The molecule has 74 valence electrons. The molecule has 2 heterocycles. The molecule has 4 heteroatoms. The molecule has 0 aromatic heterocycles. The van der Waals surface area contributed by atoms with Gasteiger partial charge in [0.1, 0.15) is 0 Å². The SMILES string of the molecule is CC1NC2SNC(=O)C2C(C)C1C. The van der Waals surface area contributed by atoms with Gasteiger partial charge in [0, 0.05) is 6.04 Å². The van der Waals surface area contributed by atoms with Gasteiger partial charge in [0.15, 0.2) is 0 Å². The molecule has 5 unspecified atom stereocenters. The molecule has 3 nitrogen and oxygen atoms in total. The molecule has 2 saturated heterocycles. The first-order valence-electron chi connectivity index (χ1n) is 4.83. The Morgan fingerprint density at radius 3 is 2.62 bits per heavy atom. The van der Waals surface area contributed by atoms with Gasteiger partial charge in [0.05, 0.1) is 11.3 Å². The van der Waals surface area contributed by atoms with Crippen LogP contribution in [0.2, 0.25) is 0 Å². The average molecular weight is 200 g/mol. The van der Waals surface area contributed by atoms with Crippen LogP contribution in [-0.4, -0.2) is 17.3 Å². The molecule has 13 heavy (non-hydrogen) atoms. The van der Waals surface area contributed by atoms with Crippen LogP contribution in [0.1, 0.15) is 20.8 Å². The fraction of sp³-hybridized carbons (Fsp3) is 0.889. The molecule has 0 saturated carbocycles. The summed E-state index contributed by atoms with van der Waals surface area (Å²) in [5.41, 5.74) is 0. The van der Waals surface area contributed by atoms with E-state index >= 15 is 0 Å². The third-order valence-electron chi connectivity index (χ3n) is 3.53. The van der Waals surface area contributed by atoms with Crippen molar-refractivity contribution in [3.63, 3.8) is 0 Å². The van der Waals surface area contributed by atoms with Crippen molar-refractivity contribution in [2.45, 2.75) is 32.2 Å². The van der Waals surface area contributed by atoms with Gasteiger partial charge >= 0.3 is 0 Å². The summed E-state index contributed by atoms with van der Waals surface area (Å²) in [4.78, 5) is 11.5. The molecule has 2 fully saturated rings. The van der Waals surface area contributed by atoms with Gasteiger partial charge in [-0.15, -0.1) is 0 Å². The zero-order valence-electron chi connectivity index (χ0n) is 8.20. The van der Waals surface area contributed by atoms with Gasteiger partial charge in [-0.25, -0.2) is 0 Å². The third-order valence-corrected chi connectivity index (χ3v) is 4.53. The first kappa shape index (κ1) is 9.34. The standard InChI is InChI=1S/C9H16N2OS/c1-4-5(2)7-8(12)11-13-9(7)10-6(4)3/h4-7,9-10H,1-3H3,(H,11,12). The number of rotatable bonds is 0. The molecule has 2 aliphatic heterocycles. The van der Waals surface area contributed by atoms with Crippen molar-refractivity contribution in [2.24, 2.45) is 17.8 Å². The lowest BCUT2D eigenvalue weighted by Crippen LogP contribution is -2.52. The smallest absolute Gasteiger partial charge is 0.235 e. The van der Waals surface area contributed by atoms with Crippen LogP contribution in [0.3, 0.4) is 0 Å². The maximum atomic E-state index is 11.5. The van der Waals surface area contributed by atoms with Crippen LogP contribution in [0.25, 0.3) is 0 Å². The summed E-state index contributed by atoms with van der Waals surface area (Å²) in [7, 11) is 0. The summed E-state index contributed by atoms with van der Waals surface area (Å²) in [6.45, 7) is 6.60. The second-order valence-corrected chi connectivity index (χ2v) is 5.15. The van der Waals surface area contributed by atoms with Crippen LogP contribution in [0.4, 0.5) is 0 Å². The number of carbonyl (C=O) groups is 1. The van der Waals surface area contributed by atoms with Crippen LogP contribution >= 0.6 is 11.9 Å². The summed E-state index contributed by atoms with van der Waals surface area (Å²) in [6, 6.07) is 0.511. The maximum absolute atomic E-state index is 11.5. The largest absolute Gasteiger partial charge is 0.300 e. The van der Waals surface area contributed by atoms with Gasteiger partial charge < -0.3 is 5.32 Å². The minimum Gasteiger partial charge on any atom is -0.300 e. The lowest BCUT2D eigenvalue weighted by Gasteiger charge is -2.39. The highest BCUT2D eigenvalue weighted by atomic mass is 32.2. The molecule has 0 bridgehead atoms. The number of hydrogen-bond donors (Lipinski definition) is 2. The molecule has 0 spiro atoms. The van der Waals surface area contributed by atoms with E-state index in [-0.39, 0.29) is 17.2 Å². The highest BCUT2D eigenvalue weighted by Crippen LogP contribution is 2.38. The number of fused-ring (bicyclic) bond motifs is 1. The molecular weight excluding hydrogens is 184 g/mol. The Hall–Kier alpha value is -0.220. The van der Waals surface area contributed by atoms with Crippen LogP contribution in [0.5, 0.6) is 0 Å². The van der Waals surface area contributed by atoms with E-state index in [1.165, 1.54) is 11.9 Å². The van der Waals surface area contributed by atoms with E-state index in [1.807, 2.05) is 0 Å². The van der Waals surface area contributed by atoms with Crippen molar-refractivity contribution in [2.75, 3.05) is 0 Å². The molecule has 5 atom stereocenters. The van der Waals surface area contributed by atoms with Crippen LogP contribution in [-0.2, 0) is 4.79 Å². The van der Waals surface area contributed by atoms with Crippen molar-refractivity contribution in [3.8, 4) is 0 Å². The highest BCUT2D eigenvalue weighted by Gasteiger charge is 2.46. The Kier molecular flexibility index (Phi) is 2.28. The molecule has 2 aliphatic rings. The molecule has 2 N–H and O–H groups in total. The lowest BCUT2D eigenvalue weighted by atomic mass is 9.76. The van der Waals surface area contributed by atoms with E-state index in [1.54, 1.807) is 0 Å². The van der Waals surface area contributed by atoms with Gasteiger partial charge in [-0.3, -0.25) is 9.52 Å². The number of amides is 1. The Morgan fingerprint density at radius 2 is 1.92 bits per heavy atom. The quantitative estimate of drug-likeness (QED) is 0.573. The number of carbonyl (C=O) groups excluding carboxylic acids is 1. The van der Waals surface area contributed by atoms with Crippen molar-refractivity contribution in [1.82, 2.24) is 10.0 Å². The summed E-state index contributed by atoms with van der Waals surface area (Å²) in [5.74, 6) is 1.42. The normalized spacial score (nSPS) is 50.1. The second-order valence-electron chi connectivity index (χ2n) is 4.20. The molecule has 0 aromatic carbocycles. The Balaban J connectivity index is 2.19. The van der Waals surface area contributed by atoms with E-state index < -0.39 is 0 Å². The van der Waals surface area contributed by atoms with Crippen LogP contribution in [0, 0.1) is 17.8 Å². The van der Waals surface area contributed by atoms with Crippen LogP contribution in [0.15, 0.2) is 0 Å². The molecule has 2 rings (SSSR count). The minimum absolute atomic E-state index is 0.163. The topological polar surface area (TPSA) is 41.1 Å². The van der Waals surface area contributed by atoms with E-state index in [0.717, 1.165) is 0 Å². The maximum Gasteiger partial charge on any atom is 0.235 e. The van der Waals surface area contributed by atoms with Crippen LogP contribution < -0.4 is 10.0 Å². The zero-order chi connectivity index (χ0) is 9.59. The first-order chi connectivity index (χ1) is 6.11.